The van der Waals surface area contributed by atoms with Crippen molar-refractivity contribution in [1.82, 2.24) is 20.6 Å². The predicted octanol–water partition coefficient (Wildman–Crippen LogP) is 4.67. The molecule has 1 N–H and O–H groups in total. The molecule has 2 aliphatic rings. The van der Waals surface area contributed by atoms with Crippen molar-refractivity contribution in [2.24, 2.45) is 0 Å². The molecule has 0 spiro atoms. The first-order valence-electron chi connectivity index (χ1n) is 10.3. The zero-order valence-corrected chi connectivity index (χ0v) is 16.6. The Balaban J connectivity index is 1.68. The molecule has 0 radical (unpaired) electrons. The average Bonchev–Trinajstić information content (AvgIpc) is 3.31. The Morgan fingerprint density at radius 1 is 1.26 bits per heavy atom. The fraction of sp³-hybridized carbons (Fsp3) is 0.667. The molecule has 27 heavy (non-hydrogen) atoms. The average molecular weight is 370 g/mol. The van der Waals surface area contributed by atoms with Gasteiger partial charge in [0.25, 0.3) is 0 Å². The molecule has 1 aliphatic carbocycles. The zero-order chi connectivity index (χ0) is 18.9. The summed E-state index contributed by atoms with van der Waals surface area (Å²) in [5, 5.41) is 14.0. The molecule has 1 aromatic carbocycles. The Bertz CT molecular complexity index is 773. The van der Waals surface area contributed by atoms with E-state index in [9.17, 15) is 0 Å². The Morgan fingerprint density at radius 3 is 2.89 bits per heavy atom. The number of fused-ring (bicyclic) bond motifs is 3. The van der Waals surface area contributed by atoms with Gasteiger partial charge in [-0.05, 0) is 59.2 Å². The number of nitrogens with zero attached hydrogens (tertiary/aromatic N) is 3. The lowest BCUT2D eigenvalue weighted by atomic mass is 9.78. The first kappa shape index (κ1) is 18.3. The van der Waals surface area contributed by atoms with Crippen molar-refractivity contribution >= 4 is 0 Å². The van der Waals surface area contributed by atoms with E-state index in [1.165, 1.54) is 43.2 Å². The smallest absolute Gasteiger partial charge is 0.186 e. The summed E-state index contributed by atoms with van der Waals surface area (Å²) in [7, 11) is 0. The minimum atomic E-state index is 0.0913. The van der Waals surface area contributed by atoms with E-state index < -0.39 is 0 Å². The maximum Gasteiger partial charge on any atom is 0.186 e. The number of aromatic amines is 1. The van der Waals surface area contributed by atoms with Gasteiger partial charge < -0.3 is 9.47 Å². The van der Waals surface area contributed by atoms with E-state index in [1.807, 2.05) is 0 Å². The fourth-order valence-corrected chi connectivity index (χ4v) is 4.45. The molecule has 1 saturated carbocycles. The highest BCUT2D eigenvalue weighted by Crippen LogP contribution is 2.51. The number of ether oxygens (including phenoxy) is 2. The molecule has 6 heteroatoms. The highest BCUT2D eigenvalue weighted by atomic mass is 16.5. The molecule has 0 bridgehead atoms. The van der Waals surface area contributed by atoms with E-state index in [0.29, 0.717) is 24.5 Å². The van der Waals surface area contributed by atoms with E-state index in [0.717, 1.165) is 24.3 Å². The molecule has 6 nitrogen and oxygen atoms in total. The maximum absolute atomic E-state index is 6.40. The zero-order valence-electron chi connectivity index (χ0n) is 16.6. The van der Waals surface area contributed by atoms with Crippen LogP contribution in [0.2, 0.25) is 0 Å². The van der Waals surface area contributed by atoms with Crippen molar-refractivity contribution in [3.63, 3.8) is 0 Å². The van der Waals surface area contributed by atoms with Crippen molar-refractivity contribution in [1.29, 1.82) is 0 Å². The number of nitrogens with one attached hydrogen (secondary N) is 1. The van der Waals surface area contributed by atoms with E-state index in [2.05, 4.69) is 53.5 Å². The predicted molar refractivity (Wildman–Crippen MR) is 103 cm³/mol. The molecule has 2 aromatic rings. The van der Waals surface area contributed by atoms with Crippen LogP contribution in [0.3, 0.4) is 0 Å². The van der Waals surface area contributed by atoms with Crippen molar-refractivity contribution in [2.45, 2.75) is 89.8 Å². The third-order valence-corrected chi connectivity index (χ3v) is 6.15. The van der Waals surface area contributed by atoms with Gasteiger partial charge in [-0.2, -0.15) is 0 Å². The summed E-state index contributed by atoms with van der Waals surface area (Å²) in [6.45, 7) is 7.22. The molecule has 1 aliphatic heterocycles. The van der Waals surface area contributed by atoms with Crippen LogP contribution >= 0.6 is 0 Å². The van der Waals surface area contributed by atoms with Crippen molar-refractivity contribution in [2.75, 3.05) is 0 Å². The Labute approximate surface area is 161 Å². The van der Waals surface area contributed by atoms with Crippen LogP contribution in [-0.2, 0) is 12.0 Å². The Kier molecular flexibility index (Phi) is 5.06. The van der Waals surface area contributed by atoms with Gasteiger partial charge in [0.1, 0.15) is 24.2 Å². The van der Waals surface area contributed by atoms with E-state index in [-0.39, 0.29) is 5.41 Å². The van der Waals surface area contributed by atoms with Gasteiger partial charge in [-0.15, -0.1) is 5.10 Å². The topological polar surface area (TPSA) is 72.9 Å². The van der Waals surface area contributed by atoms with Gasteiger partial charge in [0.2, 0.25) is 0 Å². The first-order chi connectivity index (χ1) is 13.1. The number of tetrazole rings is 1. The Hall–Kier alpha value is -2.11. The van der Waals surface area contributed by atoms with Gasteiger partial charge in [-0.1, -0.05) is 40.0 Å². The summed E-state index contributed by atoms with van der Waals surface area (Å²) in [6, 6.07) is 4.50. The molecule has 0 saturated heterocycles. The molecule has 2 unspecified atom stereocenters. The van der Waals surface area contributed by atoms with Gasteiger partial charge in [0, 0.05) is 11.5 Å². The number of H-pyrrole nitrogens is 1. The van der Waals surface area contributed by atoms with Crippen LogP contribution in [0.15, 0.2) is 12.1 Å². The number of hydrogen-bond acceptors (Lipinski definition) is 5. The molecule has 1 aromatic heterocycles. The SMILES string of the molecule is CCCCC(C)(C)c1cc(OCc2nnn[nH]2)c2c(c1)OC1CCCCC21. The second-order valence-electron chi connectivity index (χ2n) is 8.56. The second kappa shape index (κ2) is 7.49. The lowest BCUT2D eigenvalue weighted by molar-refractivity contribution is 0.163. The van der Waals surface area contributed by atoms with Crippen LogP contribution in [0.25, 0.3) is 0 Å². The number of rotatable bonds is 7. The Morgan fingerprint density at radius 2 is 2.11 bits per heavy atom. The lowest BCUT2D eigenvalue weighted by Crippen LogP contribution is -2.22. The summed E-state index contributed by atoms with van der Waals surface area (Å²) < 4.78 is 12.6. The third kappa shape index (κ3) is 3.66. The monoisotopic (exact) mass is 370 g/mol. The maximum atomic E-state index is 6.40. The fourth-order valence-electron chi connectivity index (χ4n) is 4.45. The number of benzene rings is 1. The van der Waals surface area contributed by atoms with Gasteiger partial charge in [0.15, 0.2) is 5.82 Å². The second-order valence-corrected chi connectivity index (χ2v) is 8.56. The minimum Gasteiger partial charge on any atom is -0.489 e. The van der Waals surface area contributed by atoms with Crippen LogP contribution in [0, 0.1) is 0 Å². The summed E-state index contributed by atoms with van der Waals surface area (Å²) >= 11 is 0. The van der Waals surface area contributed by atoms with E-state index >= 15 is 0 Å². The summed E-state index contributed by atoms with van der Waals surface area (Å²) in [4.78, 5) is 0. The molecule has 146 valence electrons. The van der Waals surface area contributed by atoms with Crippen LogP contribution < -0.4 is 9.47 Å². The number of unbranched alkanes of at least 4 members (excludes halogenated alkanes) is 1. The van der Waals surface area contributed by atoms with Crippen molar-refractivity contribution in [3.8, 4) is 11.5 Å². The van der Waals surface area contributed by atoms with Crippen LogP contribution in [0.4, 0.5) is 0 Å². The van der Waals surface area contributed by atoms with Crippen LogP contribution in [0.1, 0.15) is 88.6 Å². The standard InChI is InChI=1S/C21H30N4O2/c1-4-5-10-21(2,3)14-11-17(26-13-19-22-24-25-23-19)20-15-8-6-7-9-16(15)27-18(20)12-14/h11-12,15-16H,4-10,13H2,1-3H3,(H,22,23,24,25). The van der Waals surface area contributed by atoms with Crippen molar-refractivity contribution in [3.05, 3.63) is 29.1 Å². The van der Waals surface area contributed by atoms with E-state index in [4.69, 9.17) is 9.47 Å². The molecular weight excluding hydrogens is 340 g/mol. The molecular formula is C21H30N4O2. The first-order valence-corrected chi connectivity index (χ1v) is 10.3. The quantitative estimate of drug-likeness (QED) is 0.767. The normalized spacial score (nSPS) is 21.4. The third-order valence-electron chi connectivity index (χ3n) is 6.15. The molecule has 4 rings (SSSR count). The van der Waals surface area contributed by atoms with Gasteiger partial charge in [-0.3, -0.25) is 0 Å². The van der Waals surface area contributed by atoms with Gasteiger partial charge in [-0.25, -0.2) is 5.10 Å². The van der Waals surface area contributed by atoms with Gasteiger partial charge in [0.05, 0.1) is 0 Å². The number of hydrogen-bond donors (Lipinski definition) is 1. The highest BCUT2D eigenvalue weighted by Gasteiger charge is 2.39. The van der Waals surface area contributed by atoms with Crippen molar-refractivity contribution < 1.29 is 9.47 Å². The van der Waals surface area contributed by atoms with Gasteiger partial charge >= 0.3 is 0 Å². The lowest BCUT2D eigenvalue weighted by Gasteiger charge is -2.27. The summed E-state index contributed by atoms with van der Waals surface area (Å²) in [6.07, 6.45) is 8.71. The number of aromatic nitrogens is 4. The van der Waals surface area contributed by atoms with Crippen LogP contribution in [-0.4, -0.2) is 26.7 Å². The summed E-state index contributed by atoms with van der Waals surface area (Å²) in [5.74, 6) is 3.06. The molecule has 1 fully saturated rings. The summed E-state index contributed by atoms with van der Waals surface area (Å²) in [5.41, 5.74) is 2.63. The highest BCUT2D eigenvalue weighted by molar-refractivity contribution is 5.54. The molecule has 2 heterocycles. The molecule has 0 amide bonds. The molecule has 2 atom stereocenters. The minimum absolute atomic E-state index is 0.0913. The largest absolute Gasteiger partial charge is 0.489 e. The van der Waals surface area contributed by atoms with Crippen LogP contribution in [0.5, 0.6) is 11.5 Å². The van der Waals surface area contributed by atoms with E-state index in [1.54, 1.807) is 0 Å².